The third kappa shape index (κ3) is 5.45. The van der Waals surface area contributed by atoms with Crippen molar-refractivity contribution in [3.8, 4) is 0 Å². The van der Waals surface area contributed by atoms with E-state index >= 15 is 0 Å². The predicted molar refractivity (Wildman–Crippen MR) is 195 cm³/mol. The smallest absolute Gasteiger partial charge is 0.310 e. The van der Waals surface area contributed by atoms with Gasteiger partial charge >= 0.3 is 8.16 Å². The third-order valence-corrected chi connectivity index (χ3v) is 11.0. The summed E-state index contributed by atoms with van der Waals surface area (Å²) < 4.78 is 18.5. The van der Waals surface area contributed by atoms with Crippen LogP contribution in [-0.2, 0) is 0 Å². The van der Waals surface area contributed by atoms with Gasteiger partial charge < -0.3 is 8.39 Å². The molecule has 0 aliphatic carbocycles. The van der Waals surface area contributed by atoms with Crippen LogP contribution in [0, 0.1) is 0 Å². The third-order valence-electron chi connectivity index (χ3n) is 8.05. The van der Waals surface area contributed by atoms with Gasteiger partial charge in [-0.3, -0.25) is 0 Å². The lowest BCUT2D eigenvalue weighted by molar-refractivity contribution is 0.557. The van der Waals surface area contributed by atoms with Crippen LogP contribution < -0.4 is 4.67 Å². The van der Waals surface area contributed by atoms with Crippen LogP contribution >= 0.6 is 53.5 Å². The van der Waals surface area contributed by atoms with Crippen LogP contribution in [0.1, 0.15) is 37.1 Å². The Balaban J connectivity index is 0.00000329. The van der Waals surface area contributed by atoms with Gasteiger partial charge in [-0.15, -0.1) is 0 Å². The summed E-state index contributed by atoms with van der Waals surface area (Å²) in [5.41, 5.74) is 4.00. The molecule has 0 spiro atoms. The number of fused-ring (bicyclic) bond motifs is 7. The lowest BCUT2D eigenvalue weighted by Crippen LogP contribution is -2.27. The quantitative estimate of drug-likeness (QED) is 0.177. The first-order valence-corrected chi connectivity index (χ1v) is 16.7. The zero-order valence-corrected chi connectivity index (χ0v) is 28.7. The largest absolute Gasteiger partial charge is 0.407 e. The molecule has 0 saturated carbocycles. The van der Waals surface area contributed by atoms with E-state index in [4.69, 9.17) is 8.39 Å². The van der Waals surface area contributed by atoms with Gasteiger partial charge in [-0.2, -0.15) is 18.2 Å². The van der Waals surface area contributed by atoms with E-state index in [9.17, 15) is 0 Å². The Morgan fingerprint density at radius 3 is 1.35 bits per heavy atom. The fraction of sp³-hybridized carbons (Fsp3) is 0.111. The Morgan fingerprint density at radius 1 is 0.558 bits per heavy atom. The van der Waals surface area contributed by atoms with Crippen molar-refractivity contribution in [1.82, 2.24) is 0 Å². The summed E-state index contributed by atoms with van der Waals surface area (Å²) in [4.78, 5) is 0. The number of rotatable bonds is 5. The molecule has 1 aromatic heterocycles. The minimum atomic E-state index is -1.63. The topological polar surface area (TPSA) is 29.5 Å². The molecule has 0 radical (unpaired) electrons. The van der Waals surface area contributed by atoms with Crippen LogP contribution in [0.4, 0.5) is 0 Å². The molecule has 216 valence electrons. The first-order chi connectivity index (χ1) is 20.5. The summed E-state index contributed by atoms with van der Waals surface area (Å²) in [5, 5.41) is 6.60. The number of halogens is 2. The number of nitrogens with zero attached hydrogens (tertiary/aromatic N) is 1. The minimum absolute atomic E-state index is 0. The standard InChI is InChI=1S/C36H28Br2NO2P.H2S/c1-23(25-13-5-3-6-14-25)39(24(2)26-15-7-4-8-16-26)42-40-35-31(37)21-27-17-9-11-19-29(27)33(35)34-30-20-12-10-18-28(30)22-32(38)36(34)41-42;/h3-24H,1-2H3;1H2/t23-,24-;/m1./s1. The van der Waals surface area contributed by atoms with Crippen LogP contribution in [0.3, 0.4) is 0 Å². The Labute approximate surface area is 275 Å². The van der Waals surface area contributed by atoms with Crippen molar-refractivity contribution in [3.05, 3.63) is 141 Å². The van der Waals surface area contributed by atoms with Crippen LogP contribution in [0.2, 0.25) is 0 Å². The van der Waals surface area contributed by atoms with E-state index in [1.807, 2.05) is 0 Å². The summed E-state index contributed by atoms with van der Waals surface area (Å²) in [7, 11) is -1.63. The highest BCUT2D eigenvalue weighted by Gasteiger charge is 2.30. The monoisotopic (exact) mass is 729 g/mol. The van der Waals surface area contributed by atoms with Gasteiger partial charge in [0.05, 0.1) is 8.95 Å². The lowest BCUT2D eigenvalue weighted by atomic mass is 9.99. The molecular weight excluding hydrogens is 701 g/mol. The van der Waals surface area contributed by atoms with Crippen molar-refractivity contribution in [2.24, 2.45) is 0 Å². The Bertz CT molecular complexity index is 1970. The van der Waals surface area contributed by atoms with Gasteiger partial charge in [0.25, 0.3) is 0 Å². The maximum atomic E-state index is 7.13. The summed E-state index contributed by atoms with van der Waals surface area (Å²) >= 11 is 7.82. The van der Waals surface area contributed by atoms with Gasteiger partial charge in [0.15, 0.2) is 11.2 Å². The van der Waals surface area contributed by atoms with Crippen molar-refractivity contribution >= 4 is 97.0 Å². The molecule has 6 aromatic carbocycles. The van der Waals surface area contributed by atoms with E-state index < -0.39 is 8.16 Å². The van der Waals surface area contributed by atoms with Gasteiger partial charge in [-0.05, 0) is 90.5 Å². The fourth-order valence-corrected chi connectivity index (χ4v) is 8.97. The molecule has 0 amide bonds. The molecule has 7 rings (SSSR count). The number of hydrogen-bond donors (Lipinski definition) is 0. The van der Waals surface area contributed by atoms with E-state index in [-0.39, 0.29) is 25.6 Å². The molecule has 0 bridgehead atoms. The molecule has 1 heterocycles. The van der Waals surface area contributed by atoms with Gasteiger partial charge in [-0.1, -0.05) is 109 Å². The van der Waals surface area contributed by atoms with E-state index in [0.29, 0.717) is 0 Å². The van der Waals surface area contributed by atoms with Crippen molar-refractivity contribution in [2.45, 2.75) is 25.9 Å². The molecule has 0 fully saturated rings. The van der Waals surface area contributed by atoms with Crippen molar-refractivity contribution < 1.29 is 8.39 Å². The van der Waals surface area contributed by atoms with Crippen molar-refractivity contribution in [2.75, 3.05) is 4.67 Å². The van der Waals surface area contributed by atoms with Crippen molar-refractivity contribution in [1.29, 1.82) is 0 Å². The summed E-state index contributed by atoms with van der Waals surface area (Å²) in [6.45, 7) is 4.48. The second-order valence-electron chi connectivity index (χ2n) is 10.5. The molecule has 2 atom stereocenters. The fourth-order valence-electron chi connectivity index (χ4n) is 5.92. The first kappa shape index (κ1) is 30.1. The maximum absolute atomic E-state index is 7.13. The average molecular weight is 731 g/mol. The van der Waals surface area contributed by atoms with Crippen molar-refractivity contribution in [3.63, 3.8) is 0 Å². The first-order valence-electron chi connectivity index (χ1n) is 14.0. The molecule has 43 heavy (non-hydrogen) atoms. The normalized spacial score (nSPS) is 13.0. The van der Waals surface area contributed by atoms with E-state index in [0.717, 1.165) is 52.4 Å². The summed E-state index contributed by atoms with van der Waals surface area (Å²) in [5.74, 6) is 0. The average Bonchev–Trinajstić information content (AvgIpc) is 3.21. The van der Waals surface area contributed by atoms with Crippen LogP contribution in [0.25, 0.3) is 43.5 Å². The molecule has 0 N–H and O–H groups in total. The van der Waals surface area contributed by atoms with Gasteiger partial charge in [0.1, 0.15) is 0 Å². The molecule has 0 aliphatic rings. The van der Waals surface area contributed by atoms with E-state index in [2.05, 4.69) is 172 Å². The molecule has 7 aromatic rings. The summed E-state index contributed by atoms with van der Waals surface area (Å²) in [6.07, 6.45) is 0. The van der Waals surface area contributed by atoms with Crippen LogP contribution in [0.5, 0.6) is 0 Å². The predicted octanol–water partition coefficient (Wildman–Crippen LogP) is 12.7. The molecular formula is C36H30Br2NO2PS. The number of benzene rings is 6. The SMILES string of the molecule is C[C@H](c1ccccc1)N([C@H](C)c1ccccc1)p1oc2c(Br)cc3ccccc3c2c2c(o1)c(Br)cc1ccccc12.S. The highest BCUT2D eigenvalue weighted by molar-refractivity contribution is 9.11. The molecule has 0 saturated heterocycles. The van der Waals surface area contributed by atoms with Gasteiger partial charge in [0.2, 0.25) is 0 Å². The van der Waals surface area contributed by atoms with Crippen LogP contribution in [0.15, 0.2) is 139 Å². The van der Waals surface area contributed by atoms with Crippen LogP contribution in [-0.4, -0.2) is 0 Å². The minimum Gasteiger partial charge on any atom is -0.407 e. The van der Waals surface area contributed by atoms with Gasteiger partial charge in [-0.25, -0.2) is 0 Å². The molecule has 7 heteroatoms. The van der Waals surface area contributed by atoms with E-state index in [1.54, 1.807) is 0 Å². The van der Waals surface area contributed by atoms with Gasteiger partial charge in [0, 0.05) is 22.9 Å². The zero-order valence-electron chi connectivity index (χ0n) is 23.7. The highest BCUT2D eigenvalue weighted by atomic mass is 79.9. The Hall–Kier alpha value is -2.99. The zero-order chi connectivity index (χ0) is 28.8. The molecule has 0 unspecified atom stereocenters. The summed E-state index contributed by atoms with van der Waals surface area (Å²) in [6, 6.07) is 42.5. The second-order valence-corrected chi connectivity index (χ2v) is 13.6. The Kier molecular flexibility index (Phi) is 8.77. The highest BCUT2D eigenvalue weighted by Crippen LogP contribution is 2.50. The second kappa shape index (κ2) is 12.6. The number of hydrogen-bond acceptors (Lipinski definition) is 3. The maximum Gasteiger partial charge on any atom is 0.310 e. The molecule has 0 aliphatic heterocycles. The lowest BCUT2D eigenvalue weighted by Gasteiger charge is -2.31. The Morgan fingerprint density at radius 2 is 0.930 bits per heavy atom. The molecule has 3 nitrogen and oxygen atoms in total. The van der Waals surface area contributed by atoms with E-state index in [1.165, 1.54) is 11.1 Å².